The average molecular weight is 376 g/mol. The normalized spacial score (nSPS) is 15.7. The van der Waals surface area contributed by atoms with Crippen LogP contribution >= 0.6 is 0 Å². The van der Waals surface area contributed by atoms with Crippen molar-refractivity contribution >= 4 is 27.8 Å². The average Bonchev–Trinajstić information content (AvgIpc) is 2.81. The standard InChI is InChI=1S/C17H16N2O6S/c20-15-8-11(7-12-3-1-2-4-13(12)9-17(22)23)5-6-14(15)19-10-16(21)18-26(19,24)25/h1-6,8,20H,7,9-10H2,(H,18,21)(H,22,23). The molecule has 1 saturated heterocycles. The highest BCUT2D eigenvalue weighted by Gasteiger charge is 2.35. The van der Waals surface area contributed by atoms with Crippen LogP contribution in [0.15, 0.2) is 42.5 Å². The van der Waals surface area contributed by atoms with E-state index in [2.05, 4.69) is 0 Å². The van der Waals surface area contributed by atoms with Crippen LogP contribution < -0.4 is 9.03 Å². The smallest absolute Gasteiger partial charge is 0.326 e. The van der Waals surface area contributed by atoms with Crippen molar-refractivity contribution in [2.75, 3.05) is 10.8 Å². The number of amides is 1. The van der Waals surface area contributed by atoms with Crippen molar-refractivity contribution < 1.29 is 28.2 Å². The van der Waals surface area contributed by atoms with Gasteiger partial charge in [0.1, 0.15) is 12.3 Å². The number of carboxylic acid groups (broad SMARTS) is 1. The van der Waals surface area contributed by atoms with Gasteiger partial charge in [0.2, 0.25) is 0 Å². The van der Waals surface area contributed by atoms with Crippen molar-refractivity contribution in [1.82, 2.24) is 4.72 Å². The summed E-state index contributed by atoms with van der Waals surface area (Å²) in [6.45, 7) is -0.392. The number of carboxylic acids is 1. The second-order valence-corrected chi connectivity index (χ2v) is 7.47. The van der Waals surface area contributed by atoms with Gasteiger partial charge < -0.3 is 10.2 Å². The van der Waals surface area contributed by atoms with E-state index in [0.717, 1.165) is 9.87 Å². The SMILES string of the molecule is O=C(O)Cc1ccccc1Cc1ccc(N2CC(=O)NS2(=O)=O)c(O)c1. The number of aromatic hydroxyl groups is 1. The van der Waals surface area contributed by atoms with Gasteiger partial charge in [0.15, 0.2) is 0 Å². The number of hydrogen-bond donors (Lipinski definition) is 3. The lowest BCUT2D eigenvalue weighted by Crippen LogP contribution is -2.29. The Morgan fingerprint density at radius 3 is 2.42 bits per heavy atom. The molecule has 1 amide bonds. The fourth-order valence-electron chi connectivity index (χ4n) is 2.84. The minimum Gasteiger partial charge on any atom is -0.506 e. The molecule has 1 aliphatic heterocycles. The first-order valence-electron chi connectivity index (χ1n) is 7.70. The van der Waals surface area contributed by atoms with E-state index in [0.29, 0.717) is 17.5 Å². The minimum absolute atomic E-state index is 0.00548. The fraction of sp³-hybridized carbons (Fsp3) is 0.176. The summed E-state index contributed by atoms with van der Waals surface area (Å²) in [5.41, 5.74) is 2.15. The number of phenols is 1. The molecular weight excluding hydrogens is 360 g/mol. The molecule has 0 aromatic heterocycles. The maximum atomic E-state index is 11.9. The number of carbonyl (C=O) groups excluding carboxylic acids is 1. The molecule has 1 aliphatic rings. The van der Waals surface area contributed by atoms with Gasteiger partial charge in [-0.2, -0.15) is 8.42 Å². The minimum atomic E-state index is -4.00. The van der Waals surface area contributed by atoms with Gasteiger partial charge in [0.25, 0.3) is 5.91 Å². The summed E-state index contributed by atoms with van der Waals surface area (Å²) in [4.78, 5) is 22.3. The highest BCUT2D eigenvalue weighted by atomic mass is 32.2. The van der Waals surface area contributed by atoms with E-state index in [-0.39, 0.29) is 17.9 Å². The van der Waals surface area contributed by atoms with Crippen LogP contribution in [0.25, 0.3) is 0 Å². The van der Waals surface area contributed by atoms with E-state index in [9.17, 15) is 23.1 Å². The maximum Gasteiger partial charge on any atom is 0.326 e. The monoisotopic (exact) mass is 376 g/mol. The summed E-state index contributed by atoms with van der Waals surface area (Å²) < 4.78 is 26.4. The fourth-order valence-corrected chi connectivity index (χ4v) is 4.00. The summed E-state index contributed by atoms with van der Waals surface area (Å²) >= 11 is 0. The van der Waals surface area contributed by atoms with Crippen LogP contribution in [0.5, 0.6) is 5.75 Å². The second-order valence-electron chi connectivity index (χ2n) is 5.88. The molecule has 0 bridgehead atoms. The summed E-state index contributed by atoms with van der Waals surface area (Å²) in [5.74, 6) is -1.89. The molecule has 0 saturated carbocycles. The van der Waals surface area contributed by atoms with Gasteiger partial charge in [-0.3, -0.25) is 9.59 Å². The lowest BCUT2D eigenvalue weighted by molar-refractivity contribution is -0.136. The molecule has 0 aliphatic carbocycles. The van der Waals surface area contributed by atoms with Gasteiger partial charge in [-0.15, -0.1) is 0 Å². The van der Waals surface area contributed by atoms with E-state index in [1.165, 1.54) is 12.1 Å². The van der Waals surface area contributed by atoms with Gasteiger partial charge in [-0.05, 0) is 35.2 Å². The summed E-state index contributed by atoms with van der Waals surface area (Å²) in [5, 5.41) is 19.2. The highest BCUT2D eigenvalue weighted by Crippen LogP contribution is 2.32. The largest absolute Gasteiger partial charge is 0.506 e. The molecule has 26 heavy (non-hydrogen) atoms. The highest BCUT2D eigenvalue weighted by molar-refractivity contribution is 7.92. The van der Waals surface area contributed by atoms with Gasteiger partial charge in [-0.25, -0.2) is 9.03 Å². The Hall–Kier alpha value is -3.07. The van der Waals surface area contributed by atoms with E-state index >= 15 is 0 Å². The molecular formula is C17H16N2O6S. The van der Waals surface area contributed by atoms with Gasteiger partial charge >= 0.3 is 16.2 Å². The molecule has 0 unspecified atom stereocenters. The van der Waals surface area contributed by atoms with Crippen LogP contribution in [0.3, 0.4) is 0 Å². The van der Waals surface area contributed by atoms with E-state index in [4.69, 9.17) is 5.11 Å². The number of benzene rings is 2. The molecule has 0 radical (unpaired) electrons. The quantitative estimate of drug-likeness (QED) is 0.709. The first-order chi connectivity index (χ1) is 12.3. The number of carbonyl (C=O) groups is 2. The first kappa shape index (κ1) is 17.7. The molecule has 9 heteroatoms. The summed E-state index contributed by atoms with van der Waals surface area (Å²) in [6, 6.07) is 11.5. The molecule has 1 fully saturated rings. The lowest BCUT2D eigenvalue weighted by Gasteiger charge is -2.17. The Labute approximate surface area is 149 Å². The number of rotatable bonds is 5. The number of nitrogens with zero attached hydrogens (tertiary/aromatic N) is 1. The zero-order chi connectivity index (χ0) is 18.9. The van der Waals surface area contributed by atoms with E-state index < -0.39 is 28.6 Å². The third kappa shape index (κ3) is 3.62. The van der Waals surface area contributed by atoms with Crippen LogP contribution in [0.1, 0.15) is 16.7 Å². The van der Waals surface area contributed by atoms with E-state index in [1.807, 2.05) is 4.72 Å². The Kier molecular flexibility index (Phi) is 4.56. The third-order valence-corrected chi connectivity index (χ3v) is 5.38. The van der Waals surface area contributed by atoms with Gasteiger partial charge in [0.05, 0.1) is 12.1 Å². The summed E-state index contributed by atoms with van der Waals surface area (Å²) in [7, 11) is -4.00. The number of nitrogens with one attached hydrogen (secondary N) is 1. The first-order valence-corrected chi connectivity index (χ1v) is 9.14. The zero-order valence-corrected chi connectivity index (χ0v) is 14.4. The van der Waals surface area contributed by atoms with Crippen LogP contribution in [-0.2, 0) is 32.6 Å². The number of hydrogen-bond acceptors (Lipinski definition) is 5. The molecule has 3 N–H and O–H groups in total. The van der Waals surface area contributed by atoms with Crippen molar-refractivity contribution in [2.24, 2.45) is 0 Å². The molecule has 8 nitrogen and oxygen atoms in total. The van der Waals surface area contributed by atoms with Gasteiger partial charge in [0, 0.05) is 0 Å². The lowest BCUT2D eigenvalue weighted by atomic mass is 9.97. The molecule has 2 aromatic carbocycles. The molecule has 2 aromatic rings. The van der Waals surface area contributed by atoms with Crippen LogP contribution in [0, 0.1) is 0 Å². The van der Waals surface area contributed by atoms with Crippen LogP contribution in [0.4, 0.5) is 5.69 Å². The maximum absolute atomic E-state index is 11.9. The van der Waals surface area contributed by atoms with Crippen molar-refractivity contribution in [2.45, 2.75) is 12.8 Å². The van der Waals surface area contributed by atoms with Crippen LogP contribution in [0.2, 0.25) is 0 Å². The Morgan fingerprint density at radius 1 is 1.15 bits per heavy atom. The second kappa shape index (κ2) is 6.68. The summed E-state index contributed by atoms with van der Waals surface area (Å²) in [6.07, 6.45) is 0.265. The molecule has 0 spiro atoms. The Balaban J connectivity index is 1.88. The van der Waals surface area contributed by atoms with Crippen LogP contribution in [-0.4, -0.2) is 37.1 Å². The number of aliphatic carboxylic acids is 1. The number of phenolic OH excluding ortho intramolecular Hbond substituents is 1. The van der Waals surface area contributed by atoms with E-state index in [1.54, 1.807) is 30.3 Å². The van der Waals surface area contributed by atoms with Crippen molar-refractivity contribution in [3.63, 3.8) is 0 Å². The Bertz CT molecular complexity index is 986. The molecule has 136 valence electrons. The molecule has 3 rings (SSSR count). The predicted molar refractivity (Wildman–Crippen MR) is 93.1 cm³/mol. The molecule has 1 heterocycles. The Morgan fingerprint density at radius 2 is 1.85 bits per heavy atom. The zero-order valence-electron chi connectivity index (χ0n) is 13.5. The topological polar surface area (TPSA) is 124 Å². The number of anilines is 1. The van der Waals surface area contributed by atoms with Crippen molar-refractivity contribution in [1.29, 1.82) is 0 Å². The van der Waals surface area contributed by atoms with Gasteiger partial charge in [-0.1, -0.05) is 30.3 Å². The third-order valence-electron chi connectivity index (χ3n) is 3.98. The molecule has 0 atom stereocenters. The van der Waals surface area contributed by atoms with Crippen molar-refractivity contribution in [3.8, 4) is 5.75 Å². The predicted octanol–water partition coefficient (Wildman–Crippen LogP) is 0.791. The van der Waals surface area contributed by atoms with Crippen molar-refractivity contribution in [3.05, 3.63) is 59.2 Å².